The molecule has 110 valence electrons. The third-order valence-corrected chi connectivity index (χ3v) is 2.98. The number of aliphatic hydroxyl groups excluding tert-OH is 1. The Bertz CT molecular complexity index is 640. The van der Waals surface area contributed by atoms with Crippen LogP contribution in [-0.4, -0.2) is 18.2 Å². The number of carbonyl (C=O) groups excluding carboxylic acids is 1. The molecule has 1 N–H and O–H groups in total. The van der Waals surface area contributed by atoms with Crippen LogP contribution in [0, 0.1) is 5.82 Å². The molecule has 0 saturated carbocycles. The van der Waals surface area contributed by atoms with E-state index >= 15 is 0 Å². The molecule has 0 radical (unpaired) electrons. The molecule has 21 heavy (non-hydrogen) atoms. The summed E-state index contributed by atoms with van der Waals surface area (Å²) in [6, 6.07) is 11.2. The fraction of sp³-hybridized carbons (Fsp3) is 0.188. The summed E-state index contributed by atoms with van der Waals surface area (Å²) >= 11 is 0. The molecule has 2 rings (SSSR count). The van der Waals surface area contributed by atoms with Gasteiger partial charge in [0.1, 0.15) is 18.2 Å². The Morgan fingerprint density at radius 1 is 1.24 bits per heavy atom. The number of hydrogen-bond donors (Lipinski definition) is 1. The molecular weight excluding hydrogens is 275 g/mol. The van der Waals surface area contributed by atoms with Gasteiger partial charge in [-0.3, -0.25) is 0 Å². The second-order valence-electron chi connectivity index (χ2n) is 4.36. The van der Waals surface area contributed by atoms with E-state index in [1.807, 2.05) is 0 Å². The van der Waals surface area contributed by atoms with Gasteiger partial charge < -0.3 is 14.6 Å². The van der Waals surface area contributed by atoms with Crippen LogP contribution in [0.5, 0.6) is 5.75 Å². The standard InChI is InChI=1S/C16H15FO4/c1-20-16(19)13-7-6-11(8-14(13)17)10-21-15-5-3-2-4-12(15)9-18/h2-8,18H,9-10H2,1H3. The number of benzene rings is 2. The Morgan fingerprint density at radius 2 is 2.00 bits per heavy atom. The highest BCUT2D eigenvalue weighted by Gasteiger charge is 2.12. The van der Waals surface area contributed by atoms with Crippen LogP contribution in [-0.2, 0) is 18.0 Å². The number of ether oxygens (including phenoxy) is 2. The van der Waals surface area contributed by atoms with Crippen LogP contribution in [0.15, 0.2) is 42.5 Å². The zero-order valence-electron chi connectivity index (χ0n) is 11.5. The molecule has 0 aliphatic rings. The summed E-state index contributed by atoms with van der Waals surface area (Å²) in [5.41, 5.74) is 1.12. The first kappa shape index (κ1) is 15.0. The van der Waals surface area contributed by atoms with Crippen molar-refractivity contribution >= 4 is 5.97 Å². The molecule has 4 nitrogen and oxygen atoms in total. The number of esters is 1. The topological polar surface area (TPSA) is 55.8 Å². The summed E-state index contributed by atoms with van der Waals surface area (Å²) in [4.78, 5) is 11.3. The largest absolute Gasteiger partial charge is 0.489 e. The van der Waals surface area contributed by atoms with Crippen molar-refractivity contribution in [2.24, 2.45) is 0 Å². The number of rotatable bonds is 5. The fourth-order valence-corrected chi connectivity index (χ4v) is 1.86. The molecule has 0 heterocycles. The van der Waals surface area contributed by atoms with Crippen molar-refractivity contribution in [2.45, 2.75) is 13.2 Å². The summed E-state index contributed by atoms with van der Waals surface area (Å²) in [5.74, 6) is -0.832. The highest BCUT2D eigenvalue weighted by atomic mass is 19.1. The smallest absolute Gasteiger partial charge is 0.340 e. The van der Waals surface area contributed by atoms with E-state index in [0.717, 1.165) is 0 Å². The number of para-hydroxylation sites is 1. The molecule has 5 heteroatoms. The molecule has 0 saturated heterocycles. The number of halogens is 1. The van der Waals surface area contributed by atoms with Crippen LogP contribution in [0.2, 0.25) is 0 Å². The van der Waals surface area contributed by atoms with Gasteiger partial charge >= 0.3 is 5.97 Å². The molecule has 0 aliphatic heterocycles. The molecule has 0 spiro atoms. The van der Waals surface area contributed by atoms with E-state index in [4.69, 9.17) is 4.74 Å². The van der Waals surface area contributed by atoms with E-state index in [-0.39, 0.29) is 18.8 Å². The Hall–Kier alpha value is -2.40. The molecule has 0 fully saturated rings. The summed E-state index contributed by atoms with van der Waals surface area (Å²) in [7, 11) is 1.20. The molecule has 2 aromatic rings. The molecule has 0 aromatic heterocycles. The second kappa shape index (κ2) is 6.85. The molecule has 0 bridgehead atoms. The zero-order chi connectivity index (χ0) is 15.2. The monoisotopic (exact) mass is 290 g/mol. The van der Waals surface area contributed by atoms with Gasteiger partial charge in [0.2, 0.25) is 0 Å². The normalized spacial score (nSPS) is 10.2. The Kier molecular flexibility index (Phi) is 4.90. The van der Waals surface area contributed by atoms with E-state index in [1.165, 1.54) is 19.2 Å². The van der Waals surface area contributed by atoms with Gasteiger partial charge in [-0.2, -0.15) is 0 Å². The quantitative estimate of drug-likeness (QED) is 0.860. The van der Waals surface area contributed by atoms with Gasteiger partial charge in [0.05, 0.1) is 19.3 Å². The first-order valence-electron chi connectivity index (χ1n) is 6.34. The minimum atomic E-state index is -0.717. The SMILES string of the molecule is COC(=O)c1ccc(COc2ccccc2CO)cc1F. The third kappa shape index (κ3) is 3.58. The van der Waals surface area contributed by atoms with Crippen molar-refractivity contribution < 1.29 is 23.8 Å². The van der Waals surface area contributed by atoms with Crippen LogP contribution in [0.3, 0.4) is 0 Å². The molecule has 2 aromatic carbocycles. The Balaban J connectivity index is 2.10. The molecule has 0 amide bonds. The Morgan fingerprint density at radius 3 is 2.67 bits per heavy atom. The molecule has 0 aliphatic carbocycles. The average Bonchev–Trinajstić information content (AvgIpc) is 2.52. The Labute approximate surface area is 121 Å². The van der Waals surface area contributed by atoms with Gasteiger partial charge in [-0.1, -0.05) is 24.3 Å². The third-order valence-electron chi connectivity index (χ3n) is 2.98. The number of methoxy groups -OCH3 is 1. The van der Waals surface area contributed by atoms with E-state index in [9.17, 15) is 14.3 Å². The lowest BCUT2D eigenvalue weighted by molar-refractivity contribution is 0.0595. The maximum Gasteiger partial charge on any atom is 0.340 e. The first-order chi connectivity index (χ1) is 10.2. The lowest BCUT2D eigenvalue weighted by Crippen LogP contribution is -2.06. The second-order valence-corrected chi connectivity index (χ2v) is 4.36. The van der Waals surface area contributed by atoms with Crippen LogP contribution in [0.25, 0.3) is 0 Å². The van der Waals surface area contributed by atoms with Gasteiger partial charge in [0.25, 0.3) is 0 Å². The fourth-order valence-electron chi connectivity index (χ4n) is 1.86. The average molecular weight is 290 g/mol. The van der Waals surface area contributed by atoms with Gasteiger partial charge in [0, 0.05) is 5.56 Å². The van der Waals surface area contributed by atoms with Crippen molar-refractivity contribution in [3.8, 4) is 5.75 Å². The number of aliphatic hydroxyl groups is 1. The lowest BCUT2D eigenvalue weighted by Gasteiger charge is -2.10. The molecule has 0 atom stereocenters. The summed E-state index contributed by atoms with van der Waals surface area (Å²) in [5, 5.41) is 9.19. The minimum absolute atomic E-state index is 0.114. The lowest BCUT2D eigenvalue weighted by atomic mass is 10.1. The first-order valence-corrected chi connectivity index (χ1v) is 6.34. The van der Waals surface area contributed by atoms with Crippen LogP contribution < -0.4 is 4.74 Å². The maximum atomic E-state index is 13.8. The van der Waals surface area contributed by atoms with Gasteiger partial charge in [-0.25, -0.2) is 9.18 Å². The summed E-state index contributed by atoms with van der Waals surface area (Å²) < 4.78 is 23.8. The van der Waals surface area contributed by atoms with E-state index in [0.29, 0.717) is 16.9 Å². The summed E-state index contributed by atoms with van der Waals surface area (Å²) in [6.07, 6.45) is 0. The number of carbonyl (C=O) groups is 1. The van der Waals surface area contributed by atoms with Gasteiger partial charge in [-0.15, -0.1) is 0 Å². The van der Waals surface area contributed by atoms with Gasteiger partial charge in [0.15, 0.2) is 0 Å². The van der Waals surface area contributed by atoms with E-state index in [1.54, 1.807) is 30.3 Å². The van der Waals surface area contributed by atoms with Crippen LogP contribution in [0.4, 0.5) is 4.39 Å². The van der Waals surface area contributed by atoms with Crippen molar-refractivity contribution in [3.05, 3.63) is 65.0 Å². The van der Waals surface area contributed by atoms with Crippen molar-refractivity contribution in [1.82, 2.24) is 0 Å². The van der Waals surface area contributed by atoms with Crippen LogP contribution >= 0.6 is 0 Å². The minimum Gasteiger partial charge on any atom is -0.489 e. The molecular formula is C16H15FO4. The van der Waals surface area contributed by atoms with E-state index < -0.39 is 11.8 Å². The van der Waals surface area contributed by atoms with Crippen molar-refractivity contribution in [3.63, 3.8) is 0 Å². The number of hydrogen-bond acceptors (Lipinski definition) is 4. The zero-order valence-corrected chi connectivity index (χ0v) is 11.5. The van der Waals surface area contributed by atoms with Gasteiger partial charge in [-0.05, 0) is 23.8 Å². The van der Waals surface area contributed by atoms with E-state index in [2.05, 4.69) is 4.74 Å². The predicted octanol–water partition coefficient (Wildman–Crippen LogP) is 2.68. The van der Waals surface area contributed by atoms with Crippen LogP contribution in [0.1, 0.15) is 21.5 Å². The van der Waals surface area contributed by atoms with Crippen molar-refractivity contribution in [2.75, 3.05) is 7.11 Å². The maximum absolute atomic E-state index is 13.8. The predicted molar refractivity (Wildman–Crippen MR) is 74.4 cm³/mol. The highest BCUT2D eigenvalue weighted by molar-refractivity contribution is 5.89. The summed E-state index contributed by atoms with van der Waals surface area (Å²) in [6.45, 7) is 0.00119. The highest BCUT2D eigenvalue weighted by Crippen LogP contribution is 2.20. The van der Waals surface area contributed by atoms with Crippen molar-refractivity contribution in [1.29, 1.82) is 0 Å². The molecule has 0 unspecified atom stereocenters.